The number of benzene rings is 1. The van der Waals surface area contributed by atoms with Crippen molar-refractivity contribution in [2.45, 2.75) is 19.1 Å². The number of fused-ring (bicyclic) bond motifs is 3. The Labute approximate surface area is 156 Å². The molecule has 126 valence electrons. The van der Waals surface area contributed by atoms with Gasteiger partial charge in [-0.05, 0) is 31.2 Å². The van der Waals surface area contributed by atoms with Crippen LogP contribution in [0.15, 0.2) is 16.6 Å². The number of carbonyl (C=O) groups excluding carboxylic acids is 1. The van der Waals surface area contributed by atoms with Crippen molar-refractivity contribution in [3.63, 3.8) is 0 Å². The third-order valence-corrected chi connectivity index (χ3v) is 6.29. The van der Waals surface area contributed by atoms with Crippen molar-refractivity contribution in [3.05, 3.63) is 43.2 Å². The molecular weight excluding hydrogens is 414 g/mol. The Hall–Kier alpha value is -1.28. The number of amides is 1. The molecule has 2 aromatic rings. The van der Waals surface area contributed by atoms with Crippen LogP contribution in [0.3, 0.4) is 0 Å². The maximum Gasteiger partial charge on any atom is 0.256 e. The number of rotatable bonds is 1. The molecule has 5 nitrogen and oxygen atoms in total. The molecule has 1 unspecified atom stereocenters. The van der Waals surface area contributed by atoms with Gasteiger partial charge in [-0.2, -0.15) is 0 Å². The molecule has 2 aliphatic rings. The standard InChI is InChI=1S/C16H15BrClN3O2S/c1-21-3-2-8-11(6-21)24-16-12(8)15(23)19-14(20-16)9-4-7(17)5-10(18)13(9)22/h4-5,14,20,22H,2-3,6H2,1H3,(H,19,23). The van der Waals surface area contributed by atoms with E-state index in [1.54, 1.807) is 23.5 Å². The number of halogens is 2. The van der Waals surface area contributed by atoms with Gasteiger partial charge in [-0.1, -0.05) is 27.5 Å². The minimum Gasteiger partial charge on any atom is -0.506 e. The predicted octanol–water partition coefficient (Wildman–Crippen LogP) is 3.71. The minimum atomic E-state index is -0.516. The summed E-state index contributed by atoms with van der Waals surface area (Å²) in [6, 6.07) is 3.38. The zero-order valence-electron chi connectivity index (χ0n) is 12.8. The largest absolute Gasteiger partial charge is 0.506 e. The van der Waals surface area contributed by atoms with E-state index in [0.717, 1.165) is 40.1 Å². The molecule has 0 radical (unpaired) electrons. The zero-order chi connectivity index (χ0) is 17.0. The first kappa shape index (κ1) is 16.2. The van der Waals surface area contributed by atoms with Gasteiger partial charge in [-0.25, -0.2) is 0 Å². The molecule has 0 spiro atoms. The lowest BCUT2D eigenvalue weighted by Gasteiger charge is -2.28. The number of hydrogen-bond donors (Lipinski definition) is 3. The Morgan fingerprint density at radius 1 is 1.42 bits per heavy atom. The average molecular weight is 429 g/mol. The molecule has 1 amide bonds. The number of carbonyl (C=O) groups is 1. The molecule has 3 N–H and O–H groups in total. The second-order valence-electron chi connectivity index (χ2n) is 6.07. The van der Waals surface area contributed by atoms with Crippen molar-refractivity contribution in [2.75, 3.05) is 18.9 Å². The highest BCUT2D eigenvalue weighted by Gasteiger charge is 2.33. The Morgan fingerprint density at radius 2 is 2.21 bits per heavy atom. The Morgan fingerprint density at radius 3 is 3.00 bits per heavy atom. The number of thiophene rings is 1. The summed E-state index contributed by atoms with van der Waals surface area (Å²) >= 11 is 11.0. The van der Waals surface area contributed by atoms with Gasteiger partial charge in [0.15, 0.2) is 0 Å². The van der Waals surface area contributed by atoms with E-state index in [0.29, 0.717) is 5.56 Å². The fraction of sp³-hybridized carbons (Fsp3) is 0.312. The Bertz CT molecular complexity index is 854. The van der Waals surface area contributed by atoms with E-state index in [2.05, 4.69) is 38.5 Å². The van der Waals surface area contributed by atoms with Gasteiger partial charge in [-0.3, -0.25) is 4.79 Å². The molecule has 3 heterocycles. The number of nitrogens with zero attached hydrogens (tertiary/aromatic N) is 1. The van der Waals surface area contributed by atoms with Crippen LogP contribution >= 0.6 is 38.9 Å². The second kappa shape index (κ2) is 5.91. The molecule has 0 bridgehead atoms. The van der Waals surface area contributed by atoms with Crippen molar-refractivity contribution in [1.29, 1.82) is 0 Å². The number of hydrogen-bond acceptors (Lipinski definition) is 5. The molecule has 0 fully saturated rings. The van der Waals surface area contributed by atoms with E-state index in [4.69, 9.17) is 11.6 Å². The van der Waals surface area contributed by atoms with Crippen LogP contribution in [0.5, 0.6) is 5.75 Å². The lowest BCUT2D eigenvalue weighted by Crippen LogP contribution is -2.38. The summed E-state index contributed by atoms with van der Waals surface area (Å²) in [5.41, 5.74) is 2.44. The van der Waals surface area contributed by atoms with Crippen LogP contribution in [0.2, 0.25) is 5.02 Å². The number of phenols is 1. The van der Waals surface area contributed by atoms with Crippen LogP contribution in [0.1, 0.15) is 32.5 Å². The SMILES string of the molecule is CN1CCc2c(sc3c2C(=O)NC(c2cc(Br)cc(Cl)c2O)N3)C1. The predicted molar refractivity (Wildman–Crippen MR) is 99.0 cm³/mol. The van der Waals surface area contributed by atoms with E-state index in [-0.39, 0.29) is 16.7 Å². The first-order valence-corrected chi connectivity index (χ1v) is 9.51. The normalized spacial score (nSPS) is 20.1. The van der Waals surface area contributed by atoms with Crippen LogP contribution in [0.4, 0.5) is 5.00 Å². The maximum absolute atomic E-state index is 12.7. The van der Waals surface area contributed by atoms with Crippen molar-refractivity contribution < 1.29 is 9.90 Å². The third-order valence-electron chi connectivity index (χ3n) is 4.39. The quantitative estimate of drug-likeness (QED) is 0.648. The molecule has 1 aromatic heterocycles. The summed E-state index contributed by atoms with van der Waals surface area (Å²) < 4.78 is 0.745. The topological polar surface area (TPSA) is 64.6 Å². The van der Waals surface area contributed by atoms with Crippen LogP contribution in [-0.2, 0) is 13.0 Å². The van der Waals surface area contributed by atoms with Crippen LogP contribution in [0.25, 0.3) is 0 Å². The van der Waals surface area contributed by atoms with Crippen LogP contribution in [-0.4, -0.2) is 29.5 Å². The number of aromatic hydroxyl groups is 1. The van der Waals surface area contributed by atoms with E-state index < -0.39 is 6.17 Å². The summed E-state index contributed by atoms with van der Waals surface area (Å²) in [6.45, 7) is 1.81. The average Bonchev–Trinajstić information content (AvgIpc) is 2.88. The fourth-order valence-electron chi connectivity index (χ4n) is 3.20. The van der Waals surface area contributed by atoms with Gasteiger partial charge in [0.05, 0.1) is 10.6 Å². The fourth-order valence-corrected chi connectivity index (χ4v) is 5.39. The highest BCUT2D eigenvalue weighted by atomic mass is 79.9. The smallest absolute Gasteiger partial charge is 0.256 e. The molecule has 0 saturated carbocycles. The van der Waals surface area contributed by atoms with E-state index in [1.165, 1.54) is 4.88 Å². The summed E-state index contributed by atoms with van der Waals surface area (Å²) in [6.07, 6.45) is 0.364. The first-order valence-electron chi connectivity index (χ1n) is 7.52. The maximum atomic E-state index is 12.7. The van der Waals surface area contributed by atoms with Crippen LogP contribution < -0.4 is 10.6 Å². The number of nitrogens with one attached hydrogen (secondary N) is 2. The van der Waals surface area contributed by atoms with E-state index >= 15 is 0 Å². The summed E-state index contributed by atoms with van der Waals surface area (Å²) in [4.78, 5) is 16.2. The highest BCUT2D eigenvalue weighted by molar-refractivity contribution is 9.10. The van der Waals surface area contributed by atoms with Crippen LogP contribution in [0, 0.1) is 0 Å². The van der Waals surface area contributed by atoms with Gasteiger partial charge in [-0.15, -0.1) is 11.3 Å². The first-order chi connectivity index (χ1) is 11.4. The molecule has 24 heavy (non-hydrogen) atoms. The van der Waals surface area contributed by atoms with Gasteiger partial charge >= 0.3 is 0 Å². The summed E-state index contributed by atoms with van der Waals surface area (Å²) in [5.74, 6) is -0.131. The van der Waals surface area contributed by atoms with Gasteiger partial charge in [0, 0.05) is 28.0 Å². The molecule has 2 aliphatic heterocycles. The van der Waals surface area contributed by atoms with Gasteiger partial charge in [0.25, 0.3) is 5.91 Å². The third kappa shape index (κ3) is 2.60. The summed E-state index contributed by atoms with van der Waals surface area (Å²) in [7, 11) is 2.08. The van der Waals surface area contributed by atoms with Crippen molar-refractivity contribution in [1.82, 2.24) is 10.2 Å². The molecule has 8 heteroatoms. The van der Waals surface area contributed by atoms with E-state index in [1.807, 2.05) is 0 Å². The molecule has 1 atom stereocenters. The lowest BCUT2D eigenvalue weighted by atomic mass is 10.0. The van der Waals surface area contributed by atoms with Gasteiger partial charge < -0.3 is 20.6 Å². The second-order valence-corrected chi connectivity index (χ2v) is 8.50. The lowest BCUT2D eigenvalue weighted by molar-refractivity contribution is 0.0934. The monoisotopic (exact) mass is 427 g/mol. The molecule has 1 aromatic carbocycles. The Kier molecular flexibility index (Phi) is 3.99. The molecule has 0 saturated heterocycles. The number of anilines is 1. The summed E-state index contributed by atoms with van der Waals surface area (Å²) in [5, 5.41) is 17.6. The molecule has 0 aliphatic carbocycles. The van der Waals surface area contributed by atoms with Crippen molar-refractivity contribution in [2.24, 2.45) is 0 Å². The molecular formula is C16H15BrClN3O2S. The minimum absolute atomic E-state index is 0.0258. The molecule has 4 rings (SSSR count). The van der Waals surface area contributed by atoms with Crippen molar-refractivity contribution in [3.8, 4) is 5.75 Å². The van der Waals surface area contributed by atoms with Crippen molar-refractivity contribution >= 4 is 49.8 Å². The van der Waals surface area contributed by atoms with E-state index in [9.17, 15) is 9.90 Å². The van der Waals surface area contributed by atoms with Gasteiger partial charge in [0.2, 0.25) is 0 Å². The Balaban J connectivity index is 1.74. The number of likely N-dealkylation sites (N-methyl/N-ethyl adjacent to an activating group) is 1. The zero-order valence-corrected chi connectivity index (χ0v) is 16.0. The highest BCUT2D eigenvalue weighted by Crippen LogP contribution is 2.43. The van der Waals surface area contributed by atoms with Gasteiger partial charge in [0.1, 0.15) is 16.9 Å². The number of phenolic OH excluding ortho intramolecular Hbond substituents is 1.